The third kappa shape index (κ3) is 5.75. The molecule has 25 heavy (non-hydrogen) atoms. The molecule has 0 fully saturated rings. The first kappa shape index (κ1) is 19.3. The number of nitriles is 1. The second-order valence-corrected chi connectivity index (χ2v) is 7.04. The van der Waals surface area contributed by atoms with E-state index in [1.54, 1.807) is 6.08 Å². The maximum Gasteiger partial charge on any atom is 0.261 e. The van der Waals surface area contributed by atoms with Crippen LogP contribution in [0.15, 0.2) is 34.4 Å². The van der Waals surface area contributed by atoms with Crippen molar-refractivity contribution in [3.8, 4) is 6.07 Å². The van der Waals surface area contributed by atoms with Crippen molar-refractivity contribution in [1.29, 1.82) is 5.26 Å². The number of fused-ring (bicyclic) bond motifs is 1. The largest absolute Gasteiger partial charge is 0.361 e. The van der Waals surface area contributed by atoms with E-state index in [0.29, 0.717) is 6.54 Å². The molecule has 0 spiro atoms. The van der Waals surface area contributed by atoms with Crippen LogP contribution in [0.2, 0.25) is 0 Å². The molecule has 132 valence electrons. The van der Waals surface area contributed by atoms with Crippen molar-refractivity contribution < 1.29 is 4.79 Å². The normalized spacial score (nSPS) is 11.5. The zero-order valence-corrected chi connectivity index (χ0v) is 16.2. The molecule has 0 unspecified atom stereocenters. The first-order chi connectivity index (χ1) is 12.2. The quantitative estimate of drug-likeness (QED) is 0.339. The lowest BCUT2D eigenvalue weighted by Crippen LogP contribution is -2.25. The van der Waals surface area contributed by atoms with Crippen LogP contribution in [0, 0.1) is 11.3 Å². The summed E-state index contributed by atoms with van der Waals surface area (Å²) in [7, 11) is 0. The summed E-state index contributed by atoms with van der Waals surface area (Å²) in [6.07, 6.45) is 10.5. The summed E-state index contributed by atoms with van der Waals surface area (Å²) in [5, 5.41) is 13.1. The molecule has 1 heterocycles. The van der Waals surface area contributed by atoms with Crippen molar-refractivity contribution in [2.45, 2.75) is 45.4 Å². The van der Waals surface area contributed by atoms with Crippen LogP contribution in [-0.4, -0.2) is 17.4 Å². The Labute approximate surface area is 157 Å². The van der Waals surface area contributed by atoms with Crippen LogP contribution in [0.4, 0.5) is 0 Å². The molecule has 4 nitrogen and oxygen atoms in total. The number of amides is 1. The van der Waals surface area contributed by atoms with Gasteiger partial charge in [0.15, 0.2) is 0 Å². The van der Waals surface area contributed by atoms with Crippen LogP contribution < -0.4 is 5.32 Å². The first-order valence-corrected chi connectivity index (χ1v) is 9.61. The number of aromatic amines is 1. The van der Waals surface area contributed by atoms with E-state index in [2.05, 4.69) is 33.2 Å². The molecule has 1 aromatic carbocycles. The molecule has 0 aliphatic rings. The minimum Gasteiger partial charge on any atom is -0.361 e. The van der Waals surface area contributed by atoms with Gasteiger partial charge in [-0.1, -0.05) is 55.0 Å². The third-order valence-electron chi connectivity index (χ3n) is 4.16. The van der Waals surface area contributed by atoms with Crippen molar-refractivity contribution in [2.75, 3.05) is 6.54 Å². The van der Waals surface area contributed by atoms with Crippen LogP contribution in [0.3, 0.4) is 0 Å². The van der Waals surface area contributed by atoms with Gasteiger partial charge in [-0.15, -0.1) is 0 Å². The minimum absolute atomic E-state index is 0.131. The summed E-state index contributed by atoms with van der Waals surface area (Å²) in [5.41, 5.74) is 1.94. The van der Waals surface area contributed by atoms with E-state index in [1.807, 2.05) is 30.5 Å². The lowest BCUT2D eigenvalue weighted by Gasteiger charge is -2.04. The lowest BCUT2D eigenvalue weighted by molar-refractivity contribution is -0.117. The monoisotopic (exact) mass is 401 g/mol. The molecule has 2 aromatic rings. The zero-order chi connectivity index (χ0) is 18.1. The second kappa shape index (κ2) is 10.0. The number of hydrogen-bond donors (Lipinski definition) is 2. The predicted octanol–water partition coefficient (Wildman–Crippen LogP) is 5.31. The molecular weight excluding hydrogens is 378 g/mol. The van der Waals surface area contributed by atoms with Gasteiger partial charge in [0.25, 0.3) is 5.91 Å². The summed E-state index contributed by atoms with van der Waals surface area (Å²) in [4.78, 5) is 15.4. The third-order valence-corrected chi connectivity index (χ3v) is 4.65. The summed E-state index contributed by atoms with van der Waals surface area (Å²) in [6, 6.07) is 7.89. The number of carbonyl (C=O) groups is 1. The zero-order valence-electron chi connectivity index (χ0n) is 14.6. The van der Waals surface area contributed by atoms with Gasteiger partial charge in [0, 0.05) is 33.7 Å². The van der Waals surface area contributed by atoms with Crippen molar-refractivity contribution >= 4 is 38.8 Å². The maximum absolute atomic E-state index is 12.2. The van der Waals surface area contributed by atoms with Gasteiger partial charge in [-0.25, -0.2) is 0 Å². The Morgan fingerprint density at radius 3 is 2.80 bits per heavy atom. The van der Waals surface area contributed by atoms with Crippen LogP contribution in [-0.2, 0) is 4.79 Å². The average molecular weight is 402 g/mol. The SMILES string of the molecule is CCCCCCCCNC(=O)/C(C#N)=C/c1c[nH]c2ccc(Br)cc12. The van der Waals surface area contributed by atoms with Crippen LogP contribution in [0.25, 0.3) is 17.0 Å². The Morgan fingerprint density at radius 1 is 1.28 bits per heavy atom. The molecule has 1 aromatic heterocycles. The van der Waals surface area contributed by atoms with E-state index in [0.717, 1.165) is 33.8 Å². The molecule has 0 saturated heterocycles. The van der Waals surface area contributed by atoms with Crippen LogP contribution in [0.1, 0.15) is 51.0 Å². The van der Waals surface area contributed by atoms with E-state index in [9.17, 15) is 10.1 Å². The molecule has 1 amide bonds. The van der Waals surface area contributed by atoms with Gasteiger partial charge < -0.3 is 10.3 Å². The van der Waals surface area contributed by atoms with E-state index < -0.39 is 0 Å². The lowest BCUT2D eigenvalue weighted by atomic mass is 10.1. The number of nitrogens with one attached hydrogen (secondary N) is 2. The number of nitrogens with zero attached hydrogens (tertiary/aromatic N) is 1. The molecule has 2 N–H and O–H groups in total. The van der Waals surface area contributed by atoms with Crippen molar-refractivity contribution in [3.63, 3.8) is 0 Å². The highest BCUT2D eigenvalue weighted by Gasteiger charge is 2.10. The summed E-state index contributed by atoms with van der Waals surface area (Å²) in [6.45, 7) is 2.81. The molecule has 0 aliphatic carbocycles. The standard InChI is InChI=1S/C20H24BrN3O/c1-2-3-4-5-6-7-10-23-20(25)15(13-22)11-16-14-24-19-9-8-17(21)12-18(16)19/h8-9,11-12,14,24H,2-7,10H2,1H3,(H,23,25)/b15-11+. The number of unbranched alkanes of at least 4 members (excludes halogenated alkanes) is 5. The number of rotatable bonds is 9. The molecule has 0 atom stereocenters. The Kier molecular flexibility index (Phi) is 7.75. The highest BCUT2D eigenvalue weighted by Crippen LogP contribution is 2.24. The van der Waals surface area contributed by atoms with Gasteiger partial charge >= 0.3 is 0 Å². The van der Waals surface area contributed by atoms with Crippen molar-refractivity contribution in [3.05, 3.63) is 40.0 Å². The van der Waals surface area contributed by atoms with Crippen molar-refractivity contribution in [1.82, 2.24) is 10.3 Å². The maximum atomic E-state index is 12.2. The topological polar surface area (TPSA) is 68.7 Å². The van der Waals surface area contributed by atoms with E-state index >= 15 is 0 Å². The highest BCUT2D eigenvalue weighted by atomic mass is 79.9. The highest BCUT2D eigenvalue weighted by molar-refractivity contribution is 9.10. The van der Waals surface area contributed by atoms with Gasteiger partial charge in [-0.2, -0.15) is 5.26 Å². The Morgan fingerprint density at radius 2 is 2.04 bits per heavy atom. The van der Waals surface area contributed by atoms with Gasteiger partial charge in [-0.05, 0) is 30.7 Å². The van der Waals surface area contributed by atoms with Crippen LogP contribution in [0.5, 0.6) is 0 Å². The van der Waals surface area contributed by atoms with Gasteiger partial charge in [0.1, 0.15) is 11.6 Å². The second-order valence-electron chi connectivity index (χ2n) is 6.13. The summed E-state index contributed by atoms with van der Waals surface area (Å²) >= 11 is 3.45. The molecule has 0 radical (unpaired) electrons. The van der Waals surface area contributed by atoms with E-state index in [4.69, 9.17) is 0 Å². The summed E-state index contributed by atoms with van der Waals surface area (Å²) < 4.78 is 0.959. The molecule has 0 bridgehead atoms. The molecule has 5 heteroatoms. The smallest absolute Gasteiger partial charge is 0.261 e. The number of H-pyrrole nitrogens is 1. The number of benzene rings is 1. The van der Waals surface area contributed by atoms with Gasteiger partial charge in [-0.3, -0.25) is 4.79 Å². The van der Waals surface area contributed by atoms with Crippen molar-refractivity contribution in [2.24, 2.45) is 0 Å². The predicted molar refractivity (Wildman–Crippen MR) is 106 cm³/mol. The molecular formula is C20H24BrN3O. The molecule has 2 rings (SSSR count). The number of hydrogen-bond acceptors (Lipinski definition) is 2. The van der Waals surface area contributed by atoms with E-state index in [1.165, 1.54) is 25.7 Å². The summed E-state index contributed by atoms with van der Waals surface area (Å²) in [5.74, 6) is -0.305. The average Bonchev–Trinajstić information content (AvgIpc) is 3.00. The Balaban J connectivity index is 1.94. The number of aromatic nitrogens is 1. The first-order valence-electron chi connectivity index (χ1n) is 8.82. The molecule has 0 saturated carbocycles. The molecule has 0 aliphatic heterocycles. The van der Waals surface area contributed by atoms with Gasteiger partial charge in [0.2, 0.25) is 0 Å². The Bertz CT molecular complexity index is 786. The Hall–Kier alpha value is -2.06. The fourth-order valence-corrected chi connectivity index (χ4v) is 3.10. The van der Waals surface area contributed by atoms with Gasteiger partial charge in [0.05, 0.1) is 0 Å². The number of halogens is 1. The van der Waals surface area contributed by atoms with E-state index in [-0.39, 0.29) is 11.5 Å². The minimum atomic E-state index is -0.305. The van der Waals surface area contributed by atoms with Crippen LogP contribution >= 0.6 is 15.9 Å². The fraction of sp³-hybridized carbons (Fsp3) is 0.400. The number of carbonyl (C=O) groups excluding carboxylic acids is 1. The fourth-order valence-electron chi connectivity index (χ4n) is 2.74.